The van der Waals surface area contributed by atoms with Crippen LogP contribution < -0.4 is 10.6 Å². The van der Waals surface area contributed by atoms with E-state index in [4.69, 9.17) is 0 Å². The highest BCUT2D eigenvalue weighted by molar-refractivity contribution is 5.92. The first-order valence-corrected chi connectivity index (χ1v) is 7.46. The summed E-state index contributed by atoms with van der Waals surface area (Å²) in [7, 11) is 0. The van der Waals surface area contributed by atoms with Gasteiger partial charge in [0.1, 0.15) is 0 Å². The van der Waals surface area contributed by atoms with Crippen molar-refractivity contribution in [3.8, 4) is 0 Å². The normalized spacial score (nSPS) is 10.5. The van der Waals surface area contributed by atoms with E-state index in [0.29, 0.717) is 13.1 Å². The van der Waals surface area contributed by atoms with E-state index in [0.717, 1.165) is 12.1 Å². The number of carbonyl (C=O) groups is 2. The average molecular weight is 291 g/mol. The predicted octanol–water partition coefficient (Wildman–Crippen LogP) is 1.65. The summed E-state index contributed by atoms with van der Waals surface area (Å²) in [5, 5.41) is 5.61. The third-order valence-corrected chi connectivity index (χ3v) is 3.17. The van der Waals surface area contributed by atoms with Gasteiger partial charge in [0, 0.05) is 12.2 Å². The Morgan fingerprint density at radius 2 is 1.81 bits per heavy atom. The third kappa shape index (κ3) is 6.40. The second-order valence-electron chi connectivity index (χ2n) is 4.86. The maximum absolute atomic E-state index is 12.0. The lowest BCUT2D eigenvalue weighted by molar-refractivity contribution is -0.123. The van der Waals surface area contributed by atoms with Gasteiger partial charge in [-0.15, -0.1) is 0 Å². The zero-order chi connectivity index (χ0) is 15.7. The van der Waals surface area contributed by atoms with Gasteiger partial charge >= 0.3 is 0 Å². The van der Waals surface area contributed by atoms with Crippen LogP contribution >= 0.6 is 0 Å². The number of rotatable bonds is 8. The Morgan fingerprint density at radius 3 is 2.43 bits per heavy atom. The molecule has 1 rings (SSSR count). The summed E-state index contributed by atoms with van der Waals surface area (Å²) in [4.78, 5) is 25.4. The van der Waals surface area contributed by atoms with Crippen LogP contribution in [-0.4, -0.2) is 42.9 Å². The highest BCUT2D eigenvalue weighted by Crippen LogP contribution is 2.11. The SMILES string of the molecule is CCNC(=O)CN(CC)CC(=O)Nc1cccc(CC)c1. The molecule has 1 aromatic carbocycles. The largest absolute Gasteiger partial charge is 0.355 e. The summed E-state index contributed by atoms with van der Waals surface area (Å²) in [5.74, 6) is -0.158. The van der Waals surface area contributed by atoms with Gasteiger partial charge in [0.15, 0.2) is 0 Å². The van der Waals surface area contributed by atoms with Crippen molar-refractivity contribution >= 4 is 17.5 Å². The molecule has 0 radical (unpaired) electrons. The minimum absolute atomic E-state index is 0.0554. The minimum atomic E-state index is -0.102. The lowest BCUT2D eigenvalue weighted by Crippen LogP contribution is -2.41. The molecule has 0 aromatic heterocycles. The number of amides is 2. The zero-order valence-electron chi connectivity index (χ0n) is 13.1. The Balaban J connectivity index is 2.52. The van der Waals surface area contributed by atoms with Gasteiger partial charge in [0.05, 0.1) is 13.1 Å². The Kier molecular flexibility index (Phi) is 7.46. The van der Waals surface area contributed by atoms with Crippen LogP contribution in [0.4, 0.5) is 5.69 Å². The van der Waals surface area contributed by atoms with E-state index in [1.807, 2.05) is 43.0 Å². The number of benzene rings is 1. The van der Waals surface area contributed by atoms with E-state index in [9.17, 15) is 9.59 Å². The predicted molar refractivity (Wildman–Crippen MR) is 85.2 cm³/mol. The molecule has 0 heterocycles. The first-order valence-electron chi connectivity index (χ1n) is 7.46. The Labute approximate surface area is 126 Å². The van der Waals surface area contributed by atoms with Gasteiger partial charge in [-0.2, -0.15) is 0 Å². The van der Waals surface area contributed by atoms with Crippen LogP contribution in [0.3, 0.4) is 0 Å². The van der Waals surface area contributed by atoms with Gasteiger partial charge in [-0.25, -0.2) is 0 Å². The molecule has 0 saturated heterocycles. The summed E-state index contributed by atoms with van der Waals surface area (Å²) >= 11 is 0. The maximum Gasteiger partial charge on any atom is 0.238 e. The number of nitrogens with zero attached hydrogens (tertiary/aromatic N) is 1. The van der Waals surface area contributed by atoms with E-state index >= 15 is 0 Å². The molecule has 0 unspecified atom stereocenters. The quantitative estimate of drug-likeness (QED) is 0.765. The highest BCUT2D eigenvalue weighted by Gasteiger charge is 2.12. The fraction of sp³-hybridized carbons (Fsp3) is 0.500. The zero-order valence-corrected chi connectivity index (χ0v) is 13.1. The van der Waals surface area contributed by atoms with Crippen LogP contribution in [0.5, 0.6) is 0 Å². The van der Waals surface area contributed by atoms with Crippen molar-refractivity contribution < 1.29 is 9.59 Å². The summed E-state index contributed by atoms with van der Waals surface area (Å²) in [6.07, 6.45) is 0.933. The number of carbonyl (C=O) groups excluding carboxylic acids is 2. The first kappa shape index (κ1) is 17.2. The van der Waals surface area contributed by atoms with E-state index in [1.165, 1.54) is 5.56 Å². The Morgan fingerprint density at radius 1 is 1.10 bits per heavy atom. The number of anilines is 1. The van der Waals surface area contributed by atoms with Gasteiger partial charge < -0.3 is 10.6 Å². The fourth-order valence-corrected chi connectivity index (χ4v) is 2.01. The molecule has 0 spiro atoms. The van der Waals surface area contributed by atoms with Crippen LogP contribution in [0.15, 0.2) is 24.3 Å². The molecule has 2 amide bonds. The van der Waals surface area contributed by atoms with Gasteiger partial charge in [0.25, 0.3) is 0 Å². The van der Waals surface area contributed by atoms with Crippen molar-refractivity contribution in [3.05, 3.63) is 29.8 Å². The number of hydrogen-bond acceptors (Lipinski definition) is 3. The van der Waals surface area contributed by atoms with Gasteiger partial charge in [-0.1, -0.05) is 26.0 Å². The van der Waals surface area contributed by atoms with Crippen molar-refractivity contribution in [2.45, 2.75) is 27.2 Å². The maximum atomic E-state index is 12.0. The number of nitrogens with one attached hydrogen (secondary N) is 2. The second kappa shape index (κ2) is 9.13. The fourth-order valence-electron chi connectivity index (χ4n) is 2.01. The molecule has 0 atom stereocenters. The summed E-state index contributed by atoms with van der Waals surface area (Å²) in [6.45, 7) is 7.60. The van der Waals surface area contributed by atoms with Crippen molar-refractivity contribution in [1.29, 1.82) is 0 Å². The summed E-state index contributed by atoms with van der Waals surface area (Å²) in [6, 6.07) is 7.80. The topological polar surface area (TPSA) is 61.4 Å². The third-order valence-electron chi connectivity index (χ3n) is 3.17. The second-order valence-corrected chi connectivity index (χ2v) is 4.86. The molecule has 0 fully saturated rings. The minimum Gasteiger partial charge on any atom is -0.355 e. The van der Waals surface area contributed by atoms with Crippen molar-refractivity contribution in [2.75, 3.05) is 31.5 Å². The number of hydrogen-bond donors (Lipinski definition) is 2. The molecule has 116 valence electrons. The van der Waals surface area contributed by atoms with Crippen LogP contribution in [0.1, 0.15) is 26.3 Å². The molecule has 0 aliphatic carbocycles. The molecule has 21 heavy (non-hydrogen) atoms. The molecular formula is C16H25N3O2. The summed E-state index contributed by atoms with van der Waals surface area (Å²) in [5.41, 5.74) is 1.98. The molecule has 5 nitrogen and oxygen atoms in total. The molecule has 0 aliphatic rings. The van der Waals surface area contributed by atoms with Crippen molar-refractivity contribution in [1.82, 2.24) is 10.2 Å². The molecule has 0 bridgehead atoms. The van der Waals surface area contributed by atoms with Crippen molar-refractivity contribution in [3.63, 3.8) is 0 Å². The van der Waals surface area contributed by atoms with Crippen LogP contribution in [0.25, 0.3) is 0 Å². The first-order chi connectivity index (χ1) is 10.1. The van der Waals surface area contributed by atoms with Gasteiger partial charge in [-0.3, -0.25) is 14.5 Å². The van der Waals surface area contributed by atoms with E-state index < -0.39 is 0 Å². The van der Waals surface area contributed by atoms with Crippen LogP contribution in [0, 0.1) is 0 Å². The van der Waals surface area contributed by atoms with E-state index in [1.54, 1.807) is 0 Å². The molecule has 0 saturated carbocycles. The lowest BCUT2D eigenvalue weighted by atomic mass is 10.1. The standard InChI is InChI=1S/C16H25N3O2/c1-4-13-8-7-9-14(10-13)18-16(21)12-19(6-3)11-15(20)17-5-2/h7-10H,4-6,11-12H2,1-3H3,(H,17,20)(H,18,21). The summed E-state index contributed by atoms with van der Waals surface area (Å²) < 4.78 is 0. The number of likely N-dealkylation sites (N-methyl/N-ethyl adjacent to an activating group) is 2. The van der Waals surface area contributed by atoms with E-state index in [2.05, 4.69) is 17.6 Å². The van der Waals surface area contributed by atoms with Gasteiger partial charge in [0.2, 0.25) is 11.8 Å². The highest BCUT2D eigenvalue weighted by atomic mass is 16.2. The monoisotopic (exact) mass is 291 g/mol. The molecule has 0 aliphatic heterocycles. The molecule has 1 aromatic rings. The molecule has 2 N–H and O–H groups in total. The Hall–Kier alpha value is -1.88. The van der Waals surface area contributed by atoms with Crippen molar-refractivity contribution in [2.24, 2.45) is 0 Å². The number of aryl methyl sites for hydroxylation is 1. The van der Waals surface area contributed by atoms with Crippen LogP contribution in [0.2, 0.25) is 0 Å². The average Bonchev–Trinajstić information content (AvgIpc) is 2.46. The smallest absolute Gasteiger partial charge is 0.238 e. The van der Waals surface area contributed by atoms with E-state index in [-0.39, 0.29) is 24.9 Å². The molecular weight excluding hydrogens is 266 g/mol. The van der Waals surface area contributed by atoms with Crippen LogP contribution in [-0.2, 0) is 16.0 Å². The lowest BCUT2D eigenvalue weighted by Gasteiger charge is -2.19. The molecule has 5 heteroatoms. The van der Waals surface area contributed by atoms with Gasteiger partial charge in [-0.05, 0) is 37.6 Å². The Bertz CT molecular complexity index is 474.